The van der Waals surface area contributed by atoms with Crippen molar-refractivity contribution >= 4 is 41.1 Å². The third-order valence-corrected chi connectivity index (χ3v) is 7.03. The number of anilines is 2. The number of amides is 4. The van der Waals surface area contributed by atoms with E-state index in [0.717, 1.165) is 10.5 Å². The van der Waals surface area contributed by atoms with Gasteiger partial charge in [-0.05, 0) is 80.2 Å². The molecule has 8 nitrogen and oxygen atoms in total. The minimum absolute atomic E-state index is 0.0510. The Morgan fingerprint density at radius 3 is 2.35 bits per heavy atom. The van der Waals surface area contributed by atoms with Crippen molar-refractivity contribution in [1.29, 1.82) is 0 Å². The average molecular weight is 572 g/mol. The summed E-state index contributed by atoms with van der Waals surface area (Å²) >= 11 is -0.273. The minimum Gasteiger partial charge on any atom is -0.310 e. The normalized spacial score (nSPS) is 15.2. The molecule has 1 aliphatic rings. The number of pyridine rings is 1. The Hall–Kier alpha value is -3.90. The van der Waals surface area contributed by atoms with Crippen LogP contribution in [-0.4, -0.2) is 57.3 Å². The Morgan fingerprint density at radius 1 is 1.02 bits per heavy atom. The van der Waals surface area contributed by atoms with E-state index in [-0.39, 0.29) is 41.3 Å². The van der Waals surface area contributed by atoms with Gasteiger partial charge in [0.2, 0.25) is 5.91 Å². The SMILES string of the molecule is CN(CC(=O)Nc1cc(CN2C(=O)N(c3ccc(SC(F)(F)F)cc3)C(=O)C2(C)C)ccn1)Cc1ccccc1. The molecule has 0 radical (unpaired) electrons. The molecule has 0 saturated carbocycles. The van der Waals surface area contributed by atoms with Crippen LogP contribution in [0.3, 0.4) is 0 Å². The maximum absolute atomic E-state index is 13.3. The van der Waals surface area contributed by atoms with Gasteiger partial charge in [0.15, 0.2) is 0 Å². The second-order valence-electron chi connectivity index (χ2n) is 9.87. The molecule has 0 aliphatic carbocycles. The van der Waals surface area contributed by atoms with Gasteiger partial charge in [-0.1, -0.05) is 30.3 Å². The van der Waals surface area contributed by atoms with Crippen molar-refractivity contribution in [1.82, 2.24) is 14.8 Å². The highest BCUT2D eigenvalue weighted by molar-refractivity contribution is 8.00. The van der Waals surface area contributed by atoms with Gasteiger partial charge in [0.25, 0.3) is 5.91 Å². The molecule has 0 spiro atoms. The lowest BCUT2D eigenvalue weighted by Gasteiger charge is -2.27. The summed E-state index contributed by atoms with van der Waals surface area (Å²) in [7, 11) is 1.84. The number of thioether (sulfide) groups is 1. The molecule has 40 heavy (non-hydrogen) atoms. The first kappa shape index (κ1) is 29.1. The Bertz CT molecular complexity index is 1380. The number of nitrogens with zero attached hydrogens (tertiary/aromatic N) is 4. The van der Waals surface area contributed by atoms with Crippen LogP contribution in [0.4, 0.5) is 29.5 Å². The van der Waals surface area contributed by atoms with Crippen molar-refractivity contribution in [2.24, 2.45) is 0 Å². The first-order chi connectivity index (χ1) is 18.8. The molecule has 0 bridgehead atoms. The molecule has 3 aromatic rings. The van der Waals surface area contributed by atoms with E-state index in [9.17, 15) is 27.6 Å². The number of alkyl halides is 3. The average Bonchev–Trinajstić information content (AvgIpc) is 3.03. The number of carbonyl (C=O) groups excluding carboxylic acids is 3. The van der Waals surface area contributed by atoms with Gasteiger partial charge in [-0.25, -0.2) is 14.7 Å². The predicted octanol–water partition coefficient (Wildman–Crippen LogP) is 5.51. The van der Waals surface area contributed by atoms with E-state index in [0.29, 0.717) is 17.9 Å². The van der Waals surface area contributed by atoms with Gasteiger partial charge in [0.05, 0.1) is 12.2 Å². The highest BCUT2D eigenvalue weighted by Gasteiger charge is 2.51. The van der Waals surface area contributed by atoms with Gasteiger partial charge in [-0.3, -0.25) is 14.5 Å². The number of imide groups is 1. The van der Waals surface area contributed by atoms with E-state index in [1.165, 1.54) is 35.4 Å². The van der Waals surface area contributed by atoms with E-state index >= 15 is 0 Å². The number of carbonyl (C=O) groups is 3. The minimum atomic E-state index is -4.44. The van der Waals surface area contributed by atoms with Crippen LogP contribution >= 0.6 is 11.8 Å². The van der Waals surface area contributed by atoms with E-state index < -0.39 is 23.0 Å². The molecule has 210 valence electrons. The molecular weight excluding hydrogens is 543 g/mol. The van der Waals surface area contributed by atoms with Gasteiger partial charge in [0.1, 0.15) is 11.4 Å². The fourth-order valence-corrected chi connectivity index (χ4v) is 4.87. The third-order valence-electron chi connectivity index (χ3n) is 6.29. The van der Waals surface area contributed by atoms with Gasteiger partial charge in [-0.15, -0.1) is 0 Å². The van der Waals surface area contributed by atoms with Crippen LogP contribution in [0.1, 0.15) is 25.0 Å². The zero-order chi connectivity index (χ0) is 29.1. The summed E-state index contributed by atoms with van der Waals surface area (Å²) in [4.78, 5) is 47.5. The van der Waals surface area contributed by atoms with Crippen LogP contribution in [-0.2, 0) is 22.7 Å². The maximum Gasteiger partial charge on any atom is 0.446 e. The van der Waals surface area contributed by atoms with Crippen molar-refractivity contribution in [2.75, 3.05) is 23.8 Å². The van der Waals surface area contributed by atoms with Crippen LogP contribution in [0.15, 0.2) is 77.8 Å². The number of urea groups is 1. The number of hydrogen-bond acceptors (Lipinski definition) is 6. The summed E-state index contributed by atoms with van der Waals surface area (Å²) in [5.41, 5.74) is -3.77. The lowest BCUT2D eigenvalue weighted by molar-refractivity contribution is -0.123. The van der Waals surface area contributed by atoms with Crippen molar-refractivity contribution < 1.29 is 27.6 Å². The van der Waals surface area contributed by atoms with Crippen LogP contribution < -0.4 is 10.2 Å². The van der Waals surface area contributed by atoms with Crippen molar-refractivity contribution in [2.45, 2.75) is 42.9 Å². The Balaban J connectivity index is 1.42. The Kier molecular flexibility index (Phi) is 8.50. The second-order valence-corrected chi connectivity index (χ2v) is 11.0. The molecule has 2 heterocycles. The standard InChI is InChI=1S/C28H28F3N5O3S/c1-27(2)25(38)36(21-9-11-22(12-10-21)40-28(29,30)31)26(39)35(27)17-20-13-14-32-23(15-20)33-24(37)18-34(3)16-19-7-5-4-6-8-19/h4-15H,16-18H2,1-3H3,(H,32,33,37). The summed E-state index contributed by atoms with van der Waals surface area (Å²) in [6, 6.07) is 17.5. The van der Waals surface area contributed by atoms with E-state index in [2.05, 4.69) is 10.3 Å². The van der Waals surface area contributed by atoms with Crippen molar-refractivity contribution in [3.05, 3.63) is 84.1 Å². The number of halogens is 3. The van der Waals surface area contributed by atoms with Gasteiger partial charge < -0.3 is 10.2 Å². The molecule has 2 aromatic carbocycles. The Morgan fingerprint density at radius 2 is 1.70 bits per heavy atom. The molecule has 1 aliphatic heterocycles. The molecule has 1 saturated heterocycles. The smallest absolute Gasteiger partial charge is 0.310 e. The fraction of sp³-hybridized carbons (Fsp3) is 0.286. The van der Waals surface area contributed by atoms with Crippen LogP contribution in [0.25, 0.3) is 0 Å². The molecule has 1 fully saturated rings. The zero-order valence-corrected chi connectivity index (χ0v) is 22.9. The predicted molar refractivity (Wildman–Crippen MR) is 147 cm³/mol. The first-order valence-corrected chi connectivity index (χ1v) is 13.1. The monoisotopic (exact) mass is 571 g/mol. The summed E-state index contributed by atoms with van der Waals surface area (Å²) in [6.07, 6.45) is 1.50. The second kappa shape index (κ2) is 11.7. The van der Waals surface area contributed by atoms with E-state index in [1.807, 2.05) is 42.3 Å². The molecule has 4 rings (SSSR count). The van der Waals surface area contributed by atoms with Crippen LogP contribution in [0.2, 0.25) is 0 Å². The number of benzene rings is 2. The van der Waals surface area contributed by atoms with Gasteiger partial charge >= 0.3 is 11.5 Å². The Labute approximate surface area is 234 Å². The number of likely N-dealkylation sites (N-methyl/N-ethyl adjacent to an activating group) is 1. The number of rotatable bonds is 9. The molecule has 0 atom stereocenters. The van der Waals surface area contributed by atoms with E-state index in [4.69, 9.17) is 0 Å². The lowest BCUT2D eigenvalue weighted by atomic mass is 10.0. The number of hydrogen-bond donors (Lipinski definition) is 1. The van der Waals surface area contributed by atoms with E-state index in [1.54, 1.807) is 26.0 Å². The largest absolute Gasteiger partial charge is 0.446 e. The number of nitrogens with one attached hydrogen (secondary N) is 1. The summed E-state index contributed by atoms with van der Waals surface area (Å²) < 4.78 is 38.0. The summed E-state index contributed by atoms with van der Waals surface area (Å²) in [5, 5.41) is 2.77. The summed E-state index contributed by atoms with van der Waals surface area (Å²) in [5.74, 6) is -0.451. The summed E-state index contributed by atoms with van der Waals surface area (Å²) in [6.45, 7) is 4.00. The quantitative estimate of drug-likeness (QED) is 0.269. The highest BCUT2D eigenvalue weighted by atomic mass is 32.2. The molecule has 0 unspecified atom stereocenters. The maximum atomic E-state index is 13.3. The van der Waals surface area contributed by atoms with Gasteiger partial charge in [0, 0.05) is 24.2 Å². The zero-order valence-electron chi connectivity index (χ0n) is 22.1. The molecular formula is C28H28F3N5O3S. The molecule has 12 heteroatoms. The first-order valence-electron chi connectivity index (χ1n) is 12.3. The van der Waals surface area contributed by atoms with Crippen LogP contribution in [0.5, 0.6) is 0 Å². The third kappa shape index (κ3) is 6.99. The van der Waals surface area contributed by atoms with Crippen molar-refractivity contribution in [3.63, 3.8) is 0 Å². The lowest BCUT2D eigenvalue weighted by Crippen LogP contribution is -2.43. The van der Waals surface area contributed by atoms with Crippen LogP contribution in [0, 0.1) is 0 Å². The number of aromatic nitrogens is 1. The topological polar surface area (TPSA) is 85.9 Å². The van der Waals surface area contributed by atoms with Crippen molar-refractivity contribution in [3.8, 4) is 0 Å². The van der Waals surface area contributed by atoms with Gasteiger partial charge in [-0.2, -0.15) is 13.2 Å². The fourth-order valence-electron chi connectivity index (χ4n) is 4.33. The molecule has 1 N–H and O–H groups in total. The highest BCUT2D eigenvalue weighted by Crippen LogP contribution is 2.39. The molecule has 1 aromatic heterocycles. The molecule has 4 amide bonds.